The smallest absolute Gasteiger partial charge is 0.264 e. The minimum absolute atomic E-state index is 0.176. The summed E-state index contributed by atoms with van der Waals surface area (Å²) in [6.45, 7) is 6.53. The lowest BCUT2D eigenvalue weighted by Gasteiger charge is -2.39. The zero-order valence-electron chi connectivity index (χ0n) is 16.8. The SMILES string of the molecule is CC(C)[C@H]1CC[C@@H](C)C[C@H]1O[P@](=O)(c1ccccc1)[C@@H](O)c1ccc(F)cc1. The maximum atomic E-state index is 14.2. The fourth-order valence-corrected chi connectivity index (χ4v) is 6.48. The summed E-state index contributed by atoms with van der Waals surface area (Å²) in [5.41, 5.74) is 0.401. The molecule has 0 aromatic heterocycles. The van der Waals surface area contributed by atoms with E-state index >= 15 is 0 Å². The summed E-state index contributed by atoms with van der Waals surface area (Å²) in [6.07, 6.45) is 2.82. The van der Waals surface area contributed by atoms with Crippen molar-refractivity contribution in [3.8, 4) is 0 Å². The first-order chi connectivity index (χ1) is 13.3. The third kappa shape index (κ3) is 4.56. The molecule has 152 valence electrons. The quantitative estimate of drug-likeness (QED) is 0.610. The fourth-order valence-electron chi connectivity index (χ4n) is 4.16. The van der Waals surface area contributed by atoms with Gasteiger partial charge >= 0.3 is 0 Å². The molecule has 0 radical (unpaired) electrons. The van der Waals surface area contributed by atoms with E-state index in [0.29, 0.717) is 28.6 Å². The number of hydrogen-bond acceptors (Lipinski definition) is 3. The molecule has 5 atom stereocenters. The highest BCUT2D eigenvalue weighted by atomic mass is 31.2. The number of aliphatic hydroxyl groups excluding tert-OH is 1. The normalized spacial score (nSPS) is 26.0. The molecule has 28 heavy (non-hydrogen) atoms. The Balaban J connectivity index is 1.99. The Hall–Kier alpha value is -1.48. The molecule has 1 fully saturated rings. The van der Waals surface area contributed by atoms with Gasteiger partial charge in [-0.2, -0.15) is 0 Å². The van der Waals surface area contributed by atoms with E-state index in [9.17, 15) is 14.1 Å². The van der Waals surface area contributed by atoms with Crippen LogP contribution < -0.4 is 5.30 Å². The summed E-state index contributed by atoms with van der Waals surface area (Å²) in [5, 5.41) is 11.6. The van der Waals surface area contributed by atoms with Gasteiger partial charge in [0.05, 0.1) is 6.10 Å². The predicted octanol–water partition coefficient (Wildman–Crippen LogP) is 5.90. The van der Waals surface area contributed by atoms with Crippen molar-refractivity contribution in [3.05, 3.63) is 66.0 Å². The van der Waals surface area contributed by atoms with Crippen LogP contribution in [-0.2, 0) is 9.09 Å². The number of halogens is 1. The topological polar surface area (TPSA) is 46.5 Å². The molecule has 0 spiro atoms. The largest absolute Gasteiger partial charge is 0.378 e. The molecule has 3 rings (SSSR count). The summed E-state index contributed by atoms with van der Waals surface area (Å²) in [7, 11) is -3.64. The molecule has 0 bridgehead atoms. The van der Waals surface area contributed by atoms with Crippen LogP contribution in [0.2, 0.25) is 0 Å². The molecule has 0 aliphatic heterocycles. The summed E-state index contributed by atoms with van der Waals surface area (Å²) in [4.78, 5) is 0. The third-order valence-corrected chi connectivity index (χ3v) is 8.40. The summed E-state index contributed by atoms with van der Waals surface area (Å²) in [6, 6.07) is 14.4. The molecule has 0 amide bonds. The molecule has 0 saturated heterocycles. The van der Waals surface area contributed by atoms with Crippen LogP contribution >= 0.6 is 7.37 Å². The maximum Gasteiger partial charge on any atom is 0.264 e. The first-order valence-corrected chi connectivity index (χ1v) is 11.8. The molecule has 1 N–H and O–H groups in total. The van der Waals surface area contributed by atoms with E-state index < -0.39 is 19.0 Å². The van der Waals surface area contributed by atoms with E-state index in [4.69, 9.17) is 4.52 Å². The summed E-state index contributed by atoms with van der Waals surface area (Å²) < 4.78 is 33.9. The van der Waals surface area contributed by atoms with Crippen molar-refractivity contribution >= 4 is 12.7 Å². The van der Waals surface area contributed by atoms with Crippen LogP contribution in [0.15, 0.2) is 54.6 Å². The Morgan fingerprint density at radius 1 is 1.07 bits per heavy atom. The standard InChI is InChI=1S/C23H30FO3P/c1-16(2)21-14-9-17(3)15-22(21)27-28(26,20-7-5-4-6-8-20)23(25)18-10-12-19(24)13-11-18/h4-8,10-13,16-17,21-23,25H,9,14-15H2,1-3H3/t17-,21-,22-,23-,28-/m1/s1. The second kappa shape index (κ2) is 8.90. The highest BCUT2D eigenvalue weighted by Crippen LogP contribution is 2.60. The van der Waals surface area contributed by atoms with Gasteiger partial charge in [-0.05, 0) is 60.4 Å². The maximum absolute atomic E-state index is 14.2. The highest BCUT2D eigenvalue weighted by molar-refractivity contribution is 7.67. The second-order valence-corrected chi connectivity index (χ2v) is 10.7. The van der Waals surface area contributed by atoms with Crippen LogP contribution in [0.1, 0.15) is 51.4 Å². The van der Waals surface area contributed by atoms with Crippen LogP contribution in [0.5, 0.6) is 0 Å². The zero-order chi connectivity index (χ0) is 20.3. The van der Waals surface area contributed by atoms with Crippen molar-refractivity contribution in [2.75, 3.05) is 0 Å². The average molecular weight is 404 g/mol. The van der Waals surface area contributed by atoms with Gasteiger partial charge < -0.3 is 9.63 Å². The first kappa shape index (κ1) is 21.2. The molecule has 0 unspecified atom stereocenters. The Morgan fingerprint density at radius 2 is 1.71 bits per heavy atom. The molecular formula is C23H30FO3P. The minimum atomic E-state index is -3.64. The Kier molecular flexibility index (Phi) is 6.75. The Bertz CT molecular complexity index is 806. The third-order valence-electron chi connectivity index (χ3n) is 5.86. The highest BCUT2D eigenvalue weighted by Gasteiger charge is 2.42. The van der Waals surface area contributed by atoms with Crippen LogP contribution in [0, 0.1) is 23.6 Å². The van der Waals surface area contributed by atoms with Gasteiger partial charge in [-0.15, -0.1) is 0 Å². The van der Waals surface area contributed by atoms with Gasteiger partial charge in [-0.1, -0.05) is 57.5 Å². The number of benzene rings is 2. The van der Waals surface area contributed by atoms with Crippen molar-refractivity contribution in [1.29, 1.82) is 0 Å². The molecule has 1 aliphatic carbocycles. The van der Waals surface area contributed by atoms with Gasteiger partial charge in [0.25, 0.3) is 7.37 Å². The monoisotopic (exact) mass is 404 g/mol. The Morgan fingerprint density at radius 3 is 2.32 bits per heavy atom. The van der Waals surface area contributed by atoms with Gasteiger partial charge in [-0.25, -0.2) is 4.39 Å². The lowest BCUT2D eigenvalue weighted by atomic mass is 9.75. The molecule has 3 nitrogen and oxygen atoms in total. The van der Waals surface area contributed by atoms with Crippen molar-refractivity contribution < 1.29 is 18.6 Å². The second-order valence-electron chi connectivity index (χ2n) is 8.33. The molecule has 0 heterocycles. The van der Waals surface area contributed by atoms with E-state index in [-0.39, 0.29) is 6.10 Å². The lowest BCUT2D eigenvalue weighted by Crippen LogP contribution is -2.35. The zero-order valence-corrected chi connectivity index (χ0v) is 17.7. The minimum Gasteiger partial charge on any atom is -0.378 e. The number of aliphatic hydroxyl groups is 1. The van der Waals surface area contributed by atoms with Crippen LogP contribution in [0.4, 0.5) is 4.39 Å². The van der Waals surface area contributed by atoms with Gasteiger partial charge in [0.15, 0.2) is 5.85 Å². The number of rotatable bonds is 6. The number of hydrogen-bond donors (Lipinski definition) is 1. The molecular weight excluding hydrogens is 374 g/mol. The first-order valence-electron chi connectivity index (χ1n) is 10.1. The molecule has 1 saturated carbocycles. The van der Waals surface area contributed by atoms with Gasteiger partial charge in [0, 0.05) is 5.30 Å². The van der Waals surface area contributed by atoms with E-state index in [1.165, 1.54) is 24.3 Å². The summed E-state index contributed by atoms with van der Waals surface area (Å²) in [5.74, 6) is -0.529. The van der Waals surface area contributed by atoms with Crippen molar-refractivity contribution in [2.45, 2.75) is 52.0 Å². The molecule has 2 aromatic carbocycles. The van der Waals surface area contributed by atoms with Crippen LogP contribution in [0.25, 0.3) is 0 Å². The van der Waals surface area contributed by atoms with Crippen molar-refractivity contribution in [2.24, 2.45) is 17.8 Å². The van der Waals surface area contributed by atoms with Crippen LogP contribution in [-0.4, -0.2) is 11.2 Å². The predicted molar refractivity (Wildman–Crippen MR) is 111 cm³/mol. The molecule has 2 aromatic rings. The van der Waals surface area contributed by atoms with E-state index in [1.54, 1.807) is 24.3 Å². The van der Waals surface area contributed by atoms with Gasteiger partial charge in [0.1, 0.15) is 5.82 Å². The Labute approximate surface area is 167 Å². The summed E-state index contributed by atoms with van der Waals surface area (Å²) >= 11 is 0. The molecule has 1 aliphatic rings. The van der Waals surface area contributed by atoms with Crippen molar-refractivity contribution in [1.82, 2.24) is 0 Å². The van der Waals surface area contributed by atoms with E-state index in [1.807, 2.05) is 6.07 Å². The van der Waals surface area contributed by atoms with Crippen LogP contribution in [0.3, 0.4) is 0 Å². The van der Waals surface area contributed by atoms with E-state index in [2.05, 4.69) is 20.8 Å². The lowest BCUT2D eigenvalue weighted by molar-refractivity contribution is 0.0427. The van der Waals surface area contributed by atoms with Gasteiger partial charge in [-0.3, -0.25) is 4.57 Å². The average Bonchev–Trinajstić information content (AvgIpc) is 2.68. The fraction of sp³-hybridized carbons (Fsp3) is 0.478. The van der Waals surface area contributed by atoms with Gasteiger partial charge in [0.2, 0.25) is 0 Å². The molecule has 5 heteroatoms. The van der Waals surface area contributed by atoms with Crippen molar-refractivity contribution in [3.63, 3.8) is 0 Å². The van der Waals surface area contributed by atoms with E-state index in [0.717, 1.165) is 19.3 Å².